The molecule has 1 unspecified atom stereocenters. The molecule has 0 aromatic heterocycles. The molecule has 0 radical (unpaired) electrons. The number of carboxylic acid groups (broad SMARTS) is 1. The highest BCUT2D eigenvalue weighted by molar-refractivity contribution is 6.15. The lowest BCUT2D eigenvalue weighted by atomic mass is 9.97. The van der Waals surface area contributed by atoms with Gasteiger partial charge in [0.05, 0.1) is 24.7 Å². The van der Waals surface area contributed by atoms with E-state index >= 15 is 0 Å². The van der Waals surface area contributed by atoms with Crippen LogP contribution in [0.25, 0.3) is 0 Å². The molecule has 7 heteroatoms. The number of rotatable bonds is 5. The van der Waals surface area contributed by atoms with E-state index in [0.717, 1.165) is 0 Å². The fraction of sp³-hybridized carbons (Fsp3) is 0.250. The molecule has 1 aliphatic heterocycles. The molecule has 0 spiro atoms. The zero-order chi connectivity index (χ0) is 19.4. The van der Waals surface area contributed by atoms with Gasteiger partial charge in [0, 0.05) is 24.2 Å². The second-order valence-corrected chi connectivity index (χ2v) is 6.22. The monoisotopic (exact) mass is 371 g/mol. The molecule has 1 atom stereocenters. The average Bonchev–Trinajstić information content (AvgIpc) is 2.67. The van der Waals surface area contributed by atoms with Crippen LogP contribution in [-0.2, 0) is 9.53 Å². The van der Waals surface area contributed by atoms with Crippen molar-refractivity contribution in [3.63, 3.8) is 0 Å². The Bertz CT molecular complexity index is 865. The maximum Gasteiger partial charge on any atom is 0.306 e. The average molecular weight is 371 g/mol. The van der Waals surface area contributed by atoms with Gasteiger partial charge in [0.2, 0.25) is 0 Å². The molecule has 6 nitrogen and oxygen atoms in total. The van der Waals surface area contributed by atoms with Crippen molar-refractivity contribution in [3.8, 4) is 0 Å². The minimum Gasteiger partial charge on any atom is -0.481 e. The molecule has 0 bridgehead atoms. The summed E-state index contributed by atoms with van der Waals surface area (Å²) in [5, 5.41) is 8.92. The molecular weight excluding hydrogens is 353 g/mol. The van der Waals surface area contributed by atoms with Crippen LogP contribution in [0, 0.1) is 5.82 Å². The lowest BCUT2D eigenvalue weighted by molar-refractivity contribution is -0.141. The van der Waals surface area contributed by atoms with E-state index in [1.165, 1.54) is 29.2 Å². The highest BCUT2D eigenvalue weighted by atomic mass is 19.1. The topological polar surface area (TPSA) is 83.9 Å². The van der Waals surface area contributed by atoms with E-state index in [2.05, 4.69) is 0 Å². The van der Waals surface area contributed by atoms with E-state index in [9.17, 15) is 18.8 Å². The number of carbonyl (C=O) groups is 3. The maximum atomic E-state index is 13.1. The maximum absolute atomic E-state index is 13.1. The predicted molar refractivity (Wildman–Crippen MR) is 94.2 cm³/mol. The molecule has 0 aliphatic carbocycles. The van der Waals surface area contributed by atoms with Crippen molar-refractivity contribution in [3.05, 3.63) is 71.0 Å². The molecule has 0 saturated carbocycles. The van der Waals surface area contributed by atoms with Crippen LogP contribution < -0.4 is 0 Å². The summed E-state index contributed by atoms with van der Waals surface area (Å²) in [6, 6.07) is 11.5. The van der Waals surface area contributed by atoms with Crippen LogP contribution in [0.15, 0.2) is 48.5 Å². The standard InChI is InChI=1S/C20H18FNO5/c21-14-7-5-13(6-8-14)19(25)16-3-1-2-4-17(16)20(26)22-9-10-27-15(12-22)11-18(23)24/h1-8,15H,9-12H2,(H,23,24). The molecular formula is C20H18FNO5. The Kier molecular flexibility index (Phi) is 5.61. The van der Waals surface area contributed by atoms with Crippen molar-refractivity contribution >= 4 is 17.7 Å². The second-order valence-electron chi connectivity index (χ2n) is 6.22. The Labute approximate surface area is 155 Å². The first kappa shape index (κ1) is 18.7. The third kappa shape index (κ3) is 4.38. The lowest BCUT2D eigenvalue weighted by Crippen LogP contribution is -2.46. The van der Waals surface area contributed by atoms with Gasteiger partial charge >= 0.3 is 5.97 Å². The van der Waals surface area contributed by atoms with Gasteiger partial charge in [-0.2, -0.15) is 0 Å². The van der Waals surface area contributed by atoms with Gasteiger partial charge in [-0.1, -0.05) is 18.2 Å². The highest BCUT2D eigenvalue weighted by Gasteiger charge is 2.28. The number of ketones is 1. The Balaban J connectivity index is 1.84. The summed E-state index contributed by atoms with van der Waals surface area (Å²) in [5.41, 5.74) is 0.723. The number of ether oxygens (including phenoxy) is 1. The smallest absolute Gasteiger partial charge is 0.306 e. The van der Waals surface area contributed by atoms with Crippen LogP contribution in [0.4, 0.5) is 4.39 Å². The number of morpholine rings is 1. The molecule has 140 valence electrons. The minimum atomic E-state index is -0.999. The molecule has 1 heterocycles. The van der Waals surface area contributed by atoms with Gasteiger partial charge in [0.25, 0.3) is 5.91 Å². The van der Waals surface area contributed by atoms with Gasteiger partial charge < -0.3 is 14.7 Å². The summed E-state index contributed by atoms with van der Waals surface area (Å²) in [5.74, 6) is -2.19. The molecule has 2 aromatic carbocycles. The molecule has 1 fully saturated rings. The van der Waals surface area contributed by atoms with E-state index in [0.29, 0.717) is 6.54 Å². The zero-order valence-electron chi connectivity index (χ0n) is 14.4. The third-order valence-electron chi connectivity index (χ3n) is 4.34. The largest absolute Gasteiger partial charge is 0.481 e. The van der Waals surface area contributed by atoms with Crippen molar-refractivity contribution in [2.24, 2.45) is 0 Å². The van der Waals surface area contributed by atoms with Crippen molar-refractivity contribution in [1.82, 2.24) is 4.90 Å². The van der Waals surface area contributed by atoms with E-state index in [1.54, 1.807) is 24.3 Å². The fourth-order valence-electron chi connectivity index (χ4n) is 3.02. The van der Waals surface area contributed by atoms with Crippen LogP contribution in [0.1, 0.15) is 32.7 Å². The third-order valence-corrected chi connectivity index (χ3v) is 4.34. The highest BCUT2D eigenvalue weighted by Crippen LogP contribution is 2.19. The van der Waals surface area contributed by atoms with E-state index in [4.69, 9.17) is 9.84 Å². The Morgan fingerprint density at radius 3 is 2.41 bits per heavy atom. The minimum absolute atomic E-state index is 0.143. The molecule has 1 N–H and O–H groups in total. The van der Waals surface area contributed by atoms with Crippen LogP contribution in [-0.4, -0.2) is 53.5 Å². The van der Waals surface area contributed by atoms with Crippen LogP contribution in [0.3, 0.4) is 0 Å². The Morgan fingerprint density at radius 1 is 1.07 bits per heavy atom. The lowest BCUT2D eigenvalue weighted by Gasteiger charge is -2.32. The fourth-order valence-corrected chi connectivity index (χ4v) is 3.02. The number of aliphatic carboxylic acids is 1. The quantitative estimate of drug-likeness (QED) is 0.816. The number of halogens is 1. The number of carbonyl (C=O) groups excluding carboxylic acids is 2. The van der Waals surface area contributed by atoms with Gasteiger partial charge in [0.1, 0.15) is 5.82 Å². The van der Waals surface area contributed by atoms with Crippen molar-refractivity contribution in [2.45, 2.75) is 12.5 Å². The molecule has 27 heavy (non-hydrogen) atoms. The van der Waals surface area contributed by atoms with Gasteiger partial charge in [-0.05, 0) is 30.3 Å². The summed E-state index contributed by atoms with van der Waals surface area (Å²) in [7, 11) is 0. The number of carboxylic acids is 1. The number of hydrogen-bond acceptors (Lipinski definition) is 4. The summed E-state index contributed by atoms with van der Waals surface area (Å²) in [6.45, 7) is 0.690. The number of hydrogen-bond donors (Lipinski definition) is 1. The van der Waals surface area contributed by atoms with Crippen molar-refractivity contribution < 1.29 is 28.6 Å². The van der Waals surface area contributed by atoms with Gasteiger partial charge in [0.15, 0.2) is 5.78 Å². The zero-order valence-corrected chi connectivity index (χ0v) is 14.4. The Hall–Kier alpha value is -3.06. The summed E-state index contributed by atoms with van der Waals surface area (Å²) >= 11 is 0. The van der Waals surface area contributed by atoms with Crippen LogP contribution in [0.5, 0.6) is 0 Å². The predicted octanol–water partition coefficient (Wildman–Crippen LogP) is 2.37. The first-order valence-electron chi connectivity index (χ1n) is 8.47. The van der Waals surface area contributed by atoms with E-state index < -0.39 is 17.9 Å². The molecule has 3 rings (SSSR count). The van der Waals surface area contributed by atoms with Gasteiger partial charge in [-0.25, -0.2) is 4.39 Å². The van der Waals surface area contributed by atoms with Crippen molar-refractivity contribution in [2.75, 3.05) is 19.7 Å². The Morgan fingerprint density at radius 2 is 1.74 bits per heavy atom. The molecule has 1 aliphatic rings. The van der Waals surface area contributed by atoms with Gasteiger partial charge in [-0.3, -0.25) is 14.4 Å². The summed E-state index contributed by atoms with van der Waals surface area (Å²) < 4.78 is 18.5. The van der Waals surface area contributed by atoms with E-state index in [1.807, 2.05) is 0 Å². The number of amides is 1. The van der Waals surface area contributed by atoms with Crippen molar-refractivity contribution in [1.29, 1.82) is 0 Å². The van der Waals surface area contributed by atoms with Gasteiger partial charge in [-0.15, -0.1) is 0 Å². The van der Waals surface area contributed by atoms with Crippen LogP contribution in [0.2, 0.25) is 0 Å². The number of benzene rings is 2. The van der Waals surface area contributed by atoms with Crippen LogP contribution >= 0.6 is 0 Å². The van der Waals surface area contributed by atoms with E-state index in [-0.39, 0.29) is 48.0 Å². The normalized spacial score (nSPS) is 16.8. The first-order valence-corrected chi connectivity index (χ1v) is 8.47. The SMILES string of the molecule is O=C(O)CC1CN(C(=O)c2ccccc2C(=O)c2ccc(F)cc2)CCO1. The number of nitrogens with zero attached hydrogens (tertiary/aromatic N) is 1. The first-order chi connectivity index (χ1) is 13.0. The molecule has 1 amide bonds. The second kappa shape index (κ2) is 8.09. The molecule has 2 aromatic rings. The summed E-state index contributed by atoms with van der Waals surface area (Å²) in [6.07, 6.45) is -0.778. The summed E-state index contributed by atoms with van der Waals surface area (Å²) in [4.78, 5) is 38.1. The molecule has 1 saturated heterocycles.